The van der Waals surface area contributed by atoms with Crippen molar-refractivity contribution in [3.63, 3.8) is 0 Å². The minimum absolute atomic E-state index is 0. The van der Waals surface area contributed by atoms with Gasteiger partial charge in [0.15, 0.2) is 0 Å². The maximum absolute atomic E-state index is 3.21. The summed E-state index contributed by atoms with van der Waals surface area (Å²) < 4.78 is 0. The van der Waals surface area contributed by atoms with Crippen molar-refractivity contribution in [2.45, 2.75) is 79.1 Å². The first-order valence-electron chi connectivity index (χ1n) is 6.93. The molecule has 0 fully saturated rings. The molecule has 0 bridgehead atoms. The molecule has 0 aromatic heterocycles. The van der Waals surface area contributed by atoms with Crippen LogP contribution in [0, 0.1) is 12.2 Å². The van der Waals surface area contributed by atoms with E-state index in [0.717, 1.165) is 12.8 Å². The fraction of sp³-hybridized carbons (Fsp3) is 0.750. The average Bonchev–Trinajstić information content (AvgIpc) is 2.31. The minimum atomic E-state index is 0. The van der Waals surface area contributed by atoms with Crippen LogP contribution >= 0.6 is 0 Å². The molecule has 0 aliphatic rings. The third kappa shape index (κ3) is 31.4. The van der Waals surface area contributed by atoms with E-state index in [4.69, 9.17) is 0 Å². The molecule has 0 amide bonds. The first kappa shape index (κ1) is 22.3. The van der Waals surface area contributed by atoms with Gasteiger partial charge in [-0.1, -0.05) is 66.2 Å². The van der Waals surface area contributed by atoms with Crippen LogP contribution in [0.4, 0.5) is 0 Å². The van der Waals surface area contributed by atoms with E-state index >= 15 is 0 Å². The molecular weight excluding hydrogens is 258 g/mol. The van der Waals surface area contributed by atoms with Gasteiger partial charge in [0.05, 0.1) is 0 Å². The largest absolute Gasteiger partial charge is 2.00 e. The van der Waals surface area contributed by atoms with Gasteiger partial charge in [-0.3, -0.25) is 12.2 Å². The van der Waals surface area contributed by atoms with Crippen molar-refractivity contribution in [3.05, 3.63) is 24.3 Å². The first-order chi connectivity index (χ1) is 7.83. The normalized spacial score (nSPS) is 10.1. The van der Waals surface area contributed by atoms with Crippen LogP contribution in [-0.4, -0.2) is 0 Å². The van der Waals surface area contributed by atoms with E-state index in [2.05, 4.69) is 52.0 Å². The Morgan fingerprint density at radius 3 is 1.24 bits per heavy atom. The van der Waals surface area contributed by atoms with Crippen LogP contribution in [-0.2, 0) is 19.5 Å². The van der Waals surface area contributed by atoms with Gasteiger partial charge in [-0.2, -0.15) is 12.8 Å². The first-order valence-corrected chi connectivity index (χ1v) is 6.93. The topological polar surface area (TPSA) is 0 Å². The Kier molecular flexibility index (Phi) is 32.9. The van der Waals surface area contributed by atoms with Crippen molar-refractivity contribution >= 4 is 0 Å². The Balaban J connectivity index is -0.000000218. The van der Waals surface area contributed by atoms with Crippen LogP contribution in [0.1, 0.15) is 79.1 Å². The number of hydrogen-bond donors (Lipinski definition) is 0. The van der Waals surface area contributed by atoms with Gasteiger partial charge in [-0.05, 0) is 0 Å². The standard InChI is InChI=1S/2C8H15.Zn/c2*1-3-5-7-8-6-4-2;/h2*7H,3-6H2,1-2H3;/q2*-1;+2. The van der Waals surface area contributed by atoms with Gasteiger partial charge >= 0.3 is 19.5 Å². The monoisotopic (exact) mass is 286 g/mol. The molecule has 0 radical (unpaired) electrons. The van der Waals surface area contributed by atoms with E-state index in [1.165, 1.54) is 38.5 Å². The van der Waals surface area contributed by atoms with Crippen LogP contribution in [0.3, 0.4) is 0 Å². The van der Waals surface area contributed by atoms with E-state index in [1.54, 1.807) is 0 Å². The molecular formula is C16H30Zn. The molecule has 0 spiro atoms. The minimum Gasteiger partial charge on any atom is -0.501 e. The maximum atomic E-state index is 3.21. The smallest absolute Gasteiger partial charge is 0.501 e. The Bertz CT molecular complexity index is 114. The van der Waals surface area contributed by atoms with Crippen molar-refractivity contribution in [1.29, 1.82) is 0 Å². The van der Waals surface area contributed by atoms with E-state index in [9.17, 15) is 0 Å². The van der Waals surface area contributed by atoms with Crippen LogP contribution in [0.15, 0.2) is 12.2 Å². The van der Waals surface area contributed by atoms with Gasteiger partial charge < -0.3 is 12.2 Å². The summed E-state index contributed by atoms with van der Waals surface area (Å²) in [6.45, 7) is 8.72. The predicted octanol–water partition coefficient (Wildman–Crippen LogP) is 5.89. The maximum Gasteiger partial charge on any atom is 2.00 e. The fourth-order valence-electron chi connectivity index (χ4n) is 0.986. The summed E-state index contributed by atoms with van der Waals surface area (Å²) in [6.07, 6.45) is 20.3. The van der Waals surface area contributed by atoms with E-state index in [1.807, 2.05) is 0 Å². The van der Waals surface area contributed by atoms with Gasteiger partial charge in [0.2, 0.25) is 0 Å². The molecule has 0 aliphatic heterocycles. The number of hydrogen-bond acceptors (Lipinski definition) is 0. The Hall–Kier alpha value is 0.103. The number of allylic oxidation sites excluding steroid dienone is 4. The molecule has 0 aromatic carbocycles. The van der Waals surface area contributed by atoms with Crippen molar-refractivity contribution in [2.24, 2.45) is 0 Å². The number of rotatable bonds is 8. The van der Waals surface area contributed by atoms with Crippen molar-refractivity contribution in [1.82, 2.24) is 0 Å². The molecule has 0 aromatic rings. The molecule has 0 saturated carbocycles. The van der Waals surface area contributed by atoms with Gasteiger partial charge in [0, 0.05) is 0 Å². The van der Waals surface area contributed by atoms with Crippen LogP contribution in [0.25, 0.3) is 0 Å². The van der Waals surface area contributed by atoms with Gasteiger partial charge in [-0.25, -0.2) is 0 Å². The number of unbranched alkanes of at least 4 members (excludes halogenated alkanes) is 4. The van der Waals surface area contributed by atoms with Crippen LogP contribution in [0.2, 0.25) is 0 Å². The second kappa shape index (κ2) is 25.1. The fourth-order valence-corrected chi connectivity index (χ4v) is 0.986. The Morgan fingerprint density at radius 1 is 0.647 bits per heavy atom. The summed E-state index contributed by atoms with van der Waals surface area (Å²) in [6, 6.07) is 0. The molecule has 0 atom stereocenters. The molecule has 0 nitrogen and oxygen atoms in total. The summed E-state index contributed by atoms with van der Waals surface area (Å²) in [5, 5.41) is 0. The Morgan fingerprint density at radius 2 is 1.00 bits per heavy atom. The molecule has 0 saturated heterocycles. The third-order valence-electron chi connectivity index (χ3n) is 1.94. The van der Waals surface area contributed by atoms with E-state index in [0.29, 0.717) is 0 Å². The third-order valence-corrected chi connectivity index (χ3v) is 1.94. The summed E-state index contributed by atoms with van der Waals surface area (Å²) in [5.74, 6) is 0. The second-order valence-corrected chi connectivity index (χ2v) is 3.89. The zero-order valence-electron chi connectivity index (χ0n) is 12.5. The molecule has 0 heterocycles. The summed E-state index contributed by atoms with van der Waals surface area (Å²) in [7, 11) is 0. The van der Waals surface area contributed by atoms with Crippen molar-refractivity contribution in [2.75, 3.05) is 0 Å². The Labute approximate surface area is 123 Å². The van der Waals surface area contributed by atoms with Crippen molar-refractivity contribution < 1.29 is 19.5 Å². The van der Waals surface area contributed by atoms with Crippen LogP contribution < -0.4 is 0 Å². The molecule has 0 unspecified atom stereocenters. The SMILES string of the molecule is CCC[C-]=CCCC.CCC[C-]=CCCC.[Zn+2]. The molecule has 0 N–H and O–H groups in total. The van der Waals surface area contributed by atoms with Gasteiger partial charge in [-0.15, -0.1) is 0 Å². The molecule has 17 heavy (non-hydrogen) atoms. The van der Waals surface area contributed by atoms with Crippen LogP contribution in [0.5, 0.6) is 0 Å². The van der Waals surface area contributed by atoms with E-state index in [-0.39, 0.29) is 19.5 Å². The summed E-state index contributed by atoms with van der Waals surface area (Å²) in [4.78, 5) is 0. The zero-order chi connectivity index (χ0) is 12.5. The van der Waals surface area contributed by atoms with Gasteiger partial charge in [0.1, 0.15) is 0 Å². The predicted molar refractivity (Wildman–Crippen MR) is 75.3 cm³/mol. The quantitative estimate of drug-likeness (QED) is 0.386. The summed E-state index contributed by atoms with van der Waals surface area (Å²) >= 11 is 0. The average molecular weight is 288 g/mol. The molecule has 0 rings (SSSR count). The van der Waals surface area contributed by atoms with Crippen molar-refractivity contribution in [3.8, 4) is 0 Å². The second-order valence-electron chi connectivity index (χ2n) is 3.89. The zero-order valence-corrected chi connectivity index (χ0v) is 15.5. The van der Waals surface area contributed by atoms with E-state index < -0.39 is 0 Å². The molecule has 0 aliphatic carbocycles. The molecule has 96 valence electrons. The molecule has 1 heteroatoms. The van der Waals surface area contributed by atoms with Gasteiger partial charge in [0.25, 0.3) is 0 Å². The summed E-state index contributed by atoms with van der Waals surface area (Å²) in [5.41, 5.74) is 0.